The van der Waals surface area contributed by atoms with E-state index in [4.69, 9.17) is 14.2 Å². The summed E-state index contributed by atoms with van der Waals surface area (Å²) in [7, 11) is 0. The van der Waals surface area contributed by atoms with Gasteiger partial charge >= 0.3 is 5.97 Å². The molecular formula is C19H30O4. The van der Waals surface area contributed by atoms with Crippen LogP contribution in [0, 0.1) is 0 Å². The molecule has 1 aromatic carbocycles. The zero-order chi connectivity index (χ0) is 16.6. The molecule has 130 valence electrons. The maximum atomic E-state index is 11.5. The number of hydrogen-bond acceptors (Lipinski definition) is 4. The van der Waals surface area contributed by atoms with E-state index in [1.807, 2.05) is 30.3 Å². The highest BCUT2D eigenvalue weighted by molar-refractivity contribution is 5.69. The van der Waals surface area contributed by atoms with Crippen molar-refractivity contribution in [2.24, 2.45) is 0 Å². The molecule has 23 heavy (non-hydrogen) atoms. The van der Waals surface area contributed by atoms with Crippen molar-refractivity contribution in [2.45, 2.75) is 52.1 Å². The Bertz CT molecular complexity index is 392. The summed E-state index contributed by atoms with van der Waals surface area (Å²) in [6.45, 7) is 4.59. The summed E-state index contributed by atoms with van der Waals surface area (Å²) in [5.41, 5.74) is 1.15. The lowest BCUT2D eigenvalue weighted by Gasteiger charge is -2.07. The second-order valence-corrected chi connectivity index (χ2v) is 5.54. The predicted molar refractivity (Wildman–Crippen MR) is 91.3 cm³/mol. The molecule has 0 spiro atoms. The van der Waals surface area contributed by atoms with Gasteiger partial charge in [-0.1, -0.05) is 62.9 Å². The van der Waals surface area contributed by atoms with Crippen LogP contribution in [0.1, 0.15) is 51.0 Å². The number of carbonyl (C=O) groups excluding carboxylic acids is 1. The second-order valence-electron chi connectivity index (χ2n) is 5.54. The Kier molecular flexibility index (Phi) is 12.2. The third-order valence-electron chi connectivity index (χ3n) is 3.46. The first kappa shape index (κ1) is 19.7. The van der Waals surface area contributed by atoms with Gasteiger partial charge in [0.1, 0.15) is 6.61 Å². The second kappa shape index (κ2) is 14.2. The molecule has 0 bridgehead atoms. The van der Waals surface area contributed by atoms with Crippen molar-refractivity contribution in [1.82, 2.24) is 0 Å². The lowest BCUT2D eigenvalue weighted by molar-refractivity contribution is -0.145. The number of unbranched alkanes of at least 4 members (excludes halogenated alkanes) is 4. The van der Waals surface area contributed by atoms with Crippen molar-refractivity contribution in [2.75, 3.05) is 26.4 Å². The van der Waals surface area contributed by atoms with Gasteiger partial charge in [0.25, 0.3) is 0 Å². The quantitative estimate of drug-likeness (QED) is 0.382. The van der Waals surface area contributed by atoms with Crippen LogP contribution in [-0.4, -0.2) is 32.4 Å². The van der Waals surface area contributed by atoms with Crippen molar-refractivity contribution in [1.29, 1.82) is 0 Å². The number of benzene rings is 1. The molecule has 0 saturated carbocycles. The SMILES string of the molecule is CCCCCCCC(=O)OCCOCCOCc1ccccc1. The third-order valence-corrected chi connectivity index (χ3v) is 3.46. The average Bonchev–Trinajstić information content (AvgIpc) is 2.58. The average molecular weight is 322 g/mol. The largest absolute Gasteiger partial charge is 0.463 e. The van der Waals surface area contributed by atoms with Gasteiger partial charge < -0.3 is 14.2 Å². The Morgan fingerprint density at radius 2 is 1.57 bits per heavy atom. The summed E-state index contributed by atoms with van der Waals surface area (Å²) in [5.74, 6) is -0.120. The Labute approximate surface area is 140 Å². The Morgan fingerprint density at radius 1 is 0.870 bits per heavy atom. The van der Waals surface area contributed by atoms with Gasteiger partial charge in [-0.15, -0.1) is 0 Å². The zero-order valence-corrected chi connectivity index (χ0v) is 14.3. The van der Waals surface area contributed by atoms with Gasteiger partial charge in [0.05, 0.1) is 26.4 Å². The van der Waals surface area contributed by atoms with Crippen LogP contribution in [-0.2, 0) is 25.6 Å². The molecule has 4 nitrogen and oxygen atoms in total. The minimum atomic E-state index is -0.120. The molecule has 0 amide bonds. The van der Waals surface area contributed by atoms with Crippen molar-refractivity contribution >= 4 is 5.97 Å². The predicted octanol–water partition coefficient (Wildman–Crippen LogP) is 4.12. The van der Waals surface area contributed by atoms with Crippen LogP contribution in [0.25, 0.3) is 0 Å². The molecule has 0 aliphatic carbocycles. The molecule has 0 atom stereocenters. The molecule has 0 fully saturated rings. The number of ether oxygens (including phenoxy) is 3. The summed E-state index contributed by atoms with van der Waals surface area (Å²) in [6, 6.07) is 10.0. The van der Waals surface area contributed by atoms with E-state index in [0.29, 0.717) is 39.5 Å². The van der Waals surface area contributed by atoms with Gasteiger partial charge in [0.15, 0.2) is 0 Å². The van der Waals surface area contributed by atoms with E-state index in [9.17, 15) is 4.79 Å². The fourth-order valence-electron chi connectivity index (χ4n) is 2.14. The third kappa shape index (κ3) is 11.8. The van der Waals surface area contributed by atoms with E-state index >= 15 is 0 Å². The molecule has 1 rings (SSSR count). The molecule has 0 aliphatic heterocycles. The van der Waals surface area contributed by atoms with E-state index in [0.717, 1.165) is 18.4 Å². The van der Waals surface area contributed by atoms with E-state index in [-0.39, 0.29) is 5.97 Å². The van der Waals surface area contributed by atoms with Crippen molar-refractivity contribution in [3.63, 3.8) is 0 Å². The van der Waals surface area contributed by atoms with Crippen molar-refractivity contribution < 1.29 is 19.0 Å². The molecule has 0 aliphatic rings. The highest BCUT2D eigenvalue weighted by Gasteiger charge is 2.02. The minimum absolute atomic E-state index is 0.120. The summed E-state index contributed by atoms with van der Waals surface area (Å²) < 4.78 is 16.0. The minimum Gasteiger partial charge on any atom is -0.463 e. The molecule has 0 aromatic heterocycles. The summed E-state index contributed by atoms with van der Waals surface area (Å²) in [5, 5.41) is 0. The van der Waals surface area contributed by atoms with Gasteiger partial charge in [-0.05, 0) is 12.0 Å². The molecule has 0 N–H and O–H groups in total. The maximum absolute atomic E-state index is 11.5. The fourth-order valence-corrected chi connectivity index (χ4v) is 2.14. The van der Waals surface area contributed by atoms with E-state index in [1.165, 1.54) is 19.3 Å². The van der Waals surface area contributed by atoms with Crippen LogP contribution in [0.15, 0.2) is 30.3 Å². The molecule has 1 aromatic rings. The lowest BCUT2D eigenvalue weighted by atomic mass is 10.1. The van der Waals surface area contributed by atoms with Crippen LogP contribution in [0.3, 0.4) is 0 Å². The molecule has 0 radical (unpaired) electrons. The van der Waals surface area contributed by atoms with Crippen LogP contribution in [0.5, 0.6) is 0 Å². The normalized spacial score (nSPS) is 10.7. The highest BCUT2D eigenvalue weighted by Crippen LogP contribution is 2.05. The maximum Gasteiger partial charge on any atom is 0.305 e. The summed E-state index contributed by atoms with van der Waals surface area (Å²) >= 11 is 0. The monoisotopic (exact) mass is 322 g/mol. The number of rotatable bonds is 14. The van der Waals surface area contributed by atoms with E-state index in [1.54, 1.807) is 0 Å². The van der Waals surface area contributed by atoms with E-state index < -0.39 is 0 Å². The molecule has 0 unspecified atom stereocenters. The molecule has 0 saturated heterocycles. The standard InChI is InChI=1S/C19H30O4/c1-2-3-4-5-9-12-19(20)23-16-15-21-13-14-22-17-18-10-7-6-8-11-18/h6-8,10-11H,2-5,9,12-17H2,1H3. The van der Waals surface area contributed by atoms with Crippen LogP contribution < -0.4 is 0 Å². The first-order valence-corrected chi connectivity index (χ1v) is 8.68. The van der Waals surface area contributed by atoms with E-state index in [2.05, 4.69) is 6.92 Å². The zero-order valence-electron chi connectivity index (χ0n) is 14.3. The summed E-state index contributed by atoms with van der Waals surface area (Å²) in [6.07, 6.45) is 6.22. The number of carbonyl (C=O) groups is 1. The van der Waals surface area contributed by atoms with Gasteiger partial charge in [-0.25, -0.2) is 0 Å². The van der Waals surface area contributed by atoms with Gasteiger partial charge in [-0.3, -0.25) is 4.79 Å². The van der Waals surface area contributed by atoms with Gasteiger partial charge in [0.2, 0.25) is 0 Å². The number of esters is 1. The topological polar surface area (TPSA) is 44.8 Å². The van der Waals surface area contributed by atoms with Gasteiger partial charge in [0, 0.05) is 6.42 Å². The van der Waals surface area contributed by atoms with Crippen LogP contribution in [0.2, 0.25) is 0 Å². The molecule has 4 heteroatoms. The first-order chi connectivity index (χ1) is 11.3. The Morgan fingerprint density at radius 3 is 2.35 bits per heavy atom. The van der Waals surface area contributed by atoms with Gasteiger partial charge in [-0.2, -0.15) is 0 Å². The van der Waals surface area contributed by atoms with Crippen molar-refractivity contribution in [3.05, 3.63) is 35.9 Å². The Hall–Kier alpha value is -1.39. The number of hydrogen-bond donors (Lipinski definition) is 0. The summed E-state index contributed by atoms with van der Waals surface area (Å²) in [4.78, 5) is 11.5. The molecular weight excluding hydrogens is 292 g/mol. The van der Waals surface area contributed by atoms with Crippen molar-refractivity contribution in [3.8, 4) is 0 Å². The highest BCUT2D eigenvalue weighted by atomic mass is 16.6. The molecule has 0 heterocycles. The fraction of sp³-hybridized carbons (Fsp3) is 0.632. The Balaban J connectivity index is 1.83. The van der Waals surface area contributed by atoms with Crippen LogP contribution >= 0.6 is 0 Å². The van der Waals surface area contributed by atoms with Crippen LogP contribution in [0.4, 0.5) is 0 Å². The lowest BCUT2D eigenvalue weighted by Crippen LogP contribution is -2.12. The first-order valence-electron chi connectivity index (χ1n) is 8.68. The smallest absolute Gasteiger partial charge is 0.305 e.